The Bertz CT molecular complexity index is 1030. The fraction of sp³-hybridized carbons (Fsp3) is 0.304. The molecule has 3 aromatic rings. The van der Waals surface area contributed by atoms with E-state index in [0.29, 0.717) is 5.89 Å². The SMILES string of the molecule is O=C(CCc1ncc(-c2ccc(F)cc2F)o1)Nc1ccccc1N1CCCCC1. The molecule has 0 saturated carbocycles. The Hall–Kier alpha value is -3.22. The van der Waals surface area contributed by atoms with E-state index in [9.17, 15) is 13.6 Å². The number of oxazole rings is 1. The molecule has 1 fully saturated rings. The number of benzene rings is 2. The number of aryl methyl sites for hydroxylation is 1. The third kappa shape index (κ3) is 4.67. The van der Waals surface area contributed by atoms with Crippen molar-refractivity contribution in [3.8, 4) is 11.3 Å². The molecule has 0 unspecified atom stereocenters. The lowest BCUT2D eigenvalue weighted by molar-refractivity contribution is -0.116. The number of carbonyl (C=O) groups is 1. The summed E-state index contributed by atoms with van der Waals surface area (Å²) in [4.78, 5) is 18.9. The van der Waals surface area contributed by atoms with Crippen molar-refractivity contribution < 1.29 is 18.0 Å². The van der Waals surface area contributed by atoms with Gasteiger partial charge in [-0.25, -0.2) is 13.8 Å². The van der Waals surface area contributed by atoms with Crippen molar-refractivity contribution in [3.05, 3.63) is 66.2 Å². The number of para-hydroxylation sites is 2. The molecule has 30 heavy (non-hydrogen) atoms. The second-order valence-electron chi connectivity index (χ2n) is 7.36. The third-order valence-electron chi connectivity index (χ3n) is 5.19. The van der Waals surface area contributed by atoms with Gasteiger partial charge in [0.25, 0.3) is 0 Å². The fourth-order valence-electron chi connectivity index (χ4n) is 3.66. The van der Waals surface area contributed by atoms with Crippen molar-refractivity contribution in [1.29, 1.82) is 0 Å². The van der Waals surface area contributed by atoms with Crippen molar-refractivity contribution in [1.82, 2.24) is 4.98 Å². The lowest BCUT2D eigenvalue weighted by Crippen LogP contribution is -2.30. The Morgan fingerprint density at radius 1 is 1.10 bits per heavy atom. The van der Waals surface area contributed by atoms with Gasteiger partial charge in [-0.3, -0.25) is 4.79 Å². The number of halogens is 2. The van der Waals surface area contributed by atoms with Crippen LogP contribution >= 0.6 is 0 Å². The largest absolute Gasteiger partial charge is 0.441 e. The molecule has 2 aromatic carbocycles. The maximum Gasteiger partial charge on any atom is 0.224 e. The highest BCUT2D eigenvalue weighted by Crippen LogP contribution is 2.29. The van der Waals surface area contributed by atoms with Crippen LogP contribution in [0.3, 0.4) is 0 Å². The standard InChI is InChI=1S/C23H23F2N3O2/c24-16-8-9-17(18(25)14-16)21-15-26-23(30-21)11-10-22(29)27-19-6-2-3-7-20(19)28-12-4-1-5-13-28/h2-3,6-9,14-15H,1,4-5,10-13H2,(H,27,29). The van der Waals surface area contributed by atoms with Crippen molar-refractivity contribution in [3.63, 3.8) is 0 Å². The number of nitrogens with one attached hydrogen (secondary N) is 1. The molecular formula is C23H23F2N3O2. The van der Waals surface area contributed by atoms with E-state index in [-0.39, 0.29) is 30.1 Å². The molecule has 1 amide bonds. The molecule has 5 nitrogen and oxygen atoms in total. The van der Waals surface area contributed by atoms with Crippen LogP contribution < -0.4 is 10.2 Å². The average Bonchev–Trinajstić information content (AvgIpc) is 3.22. The first kappa shape index (κ1) is 20.1. The van der Waals surface area contributed by atoms with E-state index in [1.165, 1.54) is 18.7 Å². The van der Waals surface area contributed by atoms with Gasteiger partial charge in [0.05, 0.1) is 23.1 Å². The van der Waals surface area contributed by atoms with Gasteiger partial charge in [-0.1, -0.05) is 12.1 Å². The van der Waals surface area contributed by atoms with Crippen LogP contribution in [0.4, 0.5) is 20.2 Å². The van der Waals surface area contributed by atoms with Crippen LogP contribution in [0.1, 0.15) is 31.6 Å². The van der Waals surface area contributed by atoms with Crippen LogP contribution in [0.25, 0.3) is 11.3 Å². The minimum atomic E-state index is -0.718. The molecule has 156 valence electrons. The molecule has 1 aliphatic rings. The summed E-state index contributed by atoms with van der Waals surface area (Å²) in [6, 6.07) is 11.1. The normalized spacial score (nSPS) is 14.0. The number of hydrogen-bond acceptors (Lipinski definition) is 4. The maximum atomic E-state index is 13.9. The number of amides is 1. The van der Waals surface area contributed by atoms with Gasteiger partial charge in [0, 0.05) is 32.0 Å². The van der Waals surface area contributed by atoms with E-state index < -0.39 is 11.6 Å². The van der Waals surface area contributed by atoms with E-state index in [2.05, 4.69) is 15.2 Å². The Morgan fingerprint density at radius 3 is 2.70 bits per heavy atom. The Kier molecular flexibility index (Phi) is 6.07. The predicted octanol–water partition coefficient (Wildman–Crippen LogP) is 5.18. The molecule has 1 N–H and O–H groups in total. The molecule has 4 rings (SSSR count). The first-order valence-electron chi connectivity index (χ1n) is 10.1. The molecule has 0 bridgehead atoms. The second-order valence-corrected chi connectivity index (χ2v) is 7.36. The molecule has 0 atom stereocenters. The van der Waals surface area contributed by atoms with E-state index in [0.717, 1.165) is 49.4 Å². The zero-order valence-electron chi connectivity index (χ0n) is 16.5. The van der Waals surface area contributed by atoms with Gasteiger partial charge in [-0.2, -0.15) is 0 Å². The van der Waals surface area contributed by atoms with Gasteiger partial charge in [0.1, 0.15) is 11.6 Å². The monoisotopic (exact) mass is 411 g/mol. The van der Waals surface area contributed by atoms with Crippen LogP contribution in [0, 0.1) is 11.6 Å². The van der Waals surface area contributed by atoms with Crippen molar-refractivity contribution in [2.75, 3.05) is 23.3 Å². The summed E-state index contributed by atoms with van der Waals surface area (Å²) in [5, 5.41) is 2.98. The lowest BCUT2D eigenvalue weighted by atomic mass is 10.1. The van der Waals surface area contributed by atoms with E-state index in [1.54, 1.807) is 0 Å². The van der Waals surface area contributed by atoms with Crippen molar-refractivity contribution >= 4 is 17.3 Å². The molecule has 1 saturated heterocycles. The van der Waals surface area contributed by atoms with Crippen LogP contribution in [-0.2, 0) is 11.2 Å². The Labute approximate surface area is 173 Å². The highest BCUT2D eigenvalue weighted by Gasteiger charge is 2.16. The van der Waals surface area contributed by atoms with Gasteiger partial charge in [0.2, 0.25) is 5.91 Å². The van der Waals surface area contributed by atoms with Crippen molar-refractivity contribution in [2.24, 2.45) is 0 Å². The highest BCUT2D eigenvalue weighted by atomic mass is 19.1. The molecule has 0 aliphatic carbocycles. The van der Waals surface area contributed by atoms with Crippen LogP contribution in [0.2, 0.25) is 0 Å². The summed E-state index contributed by atoms with van der Waals surface area (Å²) >= 11 is 0. The van der Waals surface area contributed by atoms with Gasteiger partial charge < -0.3 is 14.6 Å². The minimum Gasteiger partial charge on any atom is -0.441 e. The zero-order valence-corrected chi connectivity index (χ0v) is 16.5. The van der Waals surface area contributed by atoms with Gasteiger partial charge >= 0.3 is 0 Å². The fourth-order valence-corrected chi connectivity index (χ4v) is 3.66. The number of aromatic nitrogens is 1. The topological polar surface area (TPSA) is 58.4 Å². The number of hydrogen-bond donors (Lipinski definition) is 1. The first-order valence-corrected chi connectivity index (χ1v) is 10.1. The zero-order chi connectivity index (χ0) is 20.9. The van der Waals surface area contributed by atoms with Crippen molar-refractivity contribution in [2.45, 2.75) is 32.1 Å². The number of piperidine rings is 1. The molecular weight excluding hydrogens is 388 g/mol. The summed E-state index contributed by atoms with van der Waals surface area (Å²) in [5.41, 5.74) is 1.97. The lowest BCUT2D eigenvalue weighted by Gasteiger charge is -2.30. The van der Waals surface area contributed by atoms with Crippen LogP contribution in [0.15, 0.2) is 53.1 Å². The number of carbonyl (C=O) groups excluding carboxylic acids is 1. The summed E-state index contributed by atoms with van der Waals surface area (Å²) in [6.45, 7) is 1.98. The summed E-state index contributed by atoms with van der Waals surface area (Å²) in [5.74, 6) is -0.985. The molecule has 0 spiro atoms. The molecule has 0 radical (unpaired) electrons. The number of nitrogens with zero attached hydrogens (tertiary/aromatic N) is 2. The minimum absolute atomic E-state index is 0.134. The summed E-state index contributed by atoms with van der Waals surface area (Å²) in [7, 11) is 0. The molecule has 2 heterocycles. The Morgan fingerprint density at radius 2 is 1.90 bits per heavy atom. The van der Waals surface area contributed by atoms with E-state index in [4.69, 9.17) is 4.42 Å². The van der Waals surface area contributed by atoms with Gasteiger partial charge in [-0.15, -0.1) is 0 Å². The third-order valence-corrected chi connectivity index (χ3v) is 5.19. The summed E-state index contributed by atoms with van der Waals surface area (Å²) < 4.78 is 32.5. The number of rotatable bonds is 6. The van der Waals surface area contributed by atoms with Crippen LogP contribution in [0.5, 0.6) is 0 Å². The second kappa shape index (κ2) is 9.07. The quantitative estimate of drug-likeness (QED) is 0.607. The molecule has 7 heteroatoms. The maximum absolute atomic E-state index is 13.9. The highest BCUT2D eigenvalue weighted by molar-refractivity contribution is 5.94. The van der Waals surface area contributed by atoms with Crippen LogP contribution in [-0.4, -0.2) is 24.0 Å². The summed E-state index contributed by atoms with van der Waals surface area (Å²) in [6.07, 6.45) is 5.40. The molecule has 1 aromatic heterocycles. The van der Waals surface area contributed by atoms with E-state index in [1.807, 2.05) is 24.3 Å². The van der Waals surface area contributed by atoms with Gasteiger partial charge in [0.15, 0.2) is 11.7 Å². The predicted molar refractivity (Wildman–Crippen MR) is 111 cm³/mol. The van der Waals surface area contributed by atoms with Gasteiger partial charge in [-0.05, 0) is 43.5 Å². The number of anilines is 2. The average molecular weight is 411 g/mol. The molecule has 1 aliphatic heterocycles. The van der Waals surface area contributed by atoms with E-state index >= 15 is 0 Å². The first-order chi connectivity index (χ1) is 14.6. The smallest absolute Gasteiger partial charge is 0.224 e. The Balaban J connectivity index is 1.37.